The molecule has 0 aliphatic rings. The molecule has 3 heteroatoms. The maximum atomic E-state index is 5.60. The van der Waals surface area contributed by atoms with Crippen molar-refractivity contribution in [3.63, 3.8) is 0 Å². The minimum atomic E-state index is 0.425. The number of hydrogen-bond acceptors (Lipinski definition) is 2. The number of pyridine rings is 1. The van der Waals surface area contributed by atoms with Crippen molar-refractivity contribution in [2.45, 2.75) is 0 Å². The number of ether oxygens (including phenoxy) is 1. The van der Waals surface area contributed by atoms with E-state index in [0.717, 1.165) is 11.1 Å². The second-order valence-corrected chi connectivity index (χ2v) is 2.59. The van der Waals surface area contributed by atoms with Gasteiger partial charge in [-0.3, -0.25) is 0 Å². The van der Waals surface area contributed by atoms with Crippen LogP contribution in [-0.4, -0.2) is 18.0 Å². The van der Waals surface area contributed by atoms with Crippen LogP contribution >= 0.6 is 11.6 Å². The molecule has 0 saturated heterocycles. The highest BCUT2D eigenvalue weighted by atomic mass is 35.5. The van der Waals surface area contributed by atoms with Crippen LogP contribution < -0.4 is 4.74 Å². The van der Waals surface area contributed by atoms with Crippen LogP contribution in [-0.2, 0) is 0 Å². The molecule has 1 heterocycles. The van der Waals surface area contributed by atoms with E-state index in [1.165, 1.54) is 0 Å². The lowest BCUT2D eigenvalue weighted by atomic mass is 10.1. The summed E-state index contributed by atoms with van der Waals surface area (Å²) in [6.07, 6.45) is 1.70. The van der Waals surface area contributed by atoms with Crippen molar-refractivity contribution < 1.29 is 4.74 Å². The SMILES string of the molecule is C=C(CCl)c1ccc(OC)nc1. The Morgan fingerprint density at radius 2 is 2.42 bits per heavy atom. The predicted octanol–water partition coefficient (Wildman–Crippen LogP) is 2.34. The van der Waals surface area contributed by atoms with Gasteiger partial charge in [0.25, 0.3) is 0 Å². The van der Waals surface area contributed by atoms with Crippen LogP contribution in [0.2, 0.25) is 0 Å². The summed E-state index contributed by atoms with van der Waals surface area (Å²) in [7, 11) is 1.58. The van der Waals surface area contributed by atoms with Crippen molar-refractivity contribution >= 4 is 17.2 Å². The second-order valence-electron chi connectivity index (χ2n) is 2.33. The summed E-state index contributed by atoms with van der Waals surface area (Å²) in [6, 6.07) is 3.67. The van der Waals surface area contributed by atoms with Crippen LogP contribution in [0.1, 0.15) is 5.56 Å². The van der Waals surface area contributed by atoms with Crippen LogP contribution in [0.5, 0.6) is 5.88 Å². The van der Waals surface area contributed by atoms with Gasteiger partial charge in [0, 0.05) is 18.1 Å². The first kappa shape index (κ1) is 9.07. The Balaban J connectivity index is 2.84. The Morgan fingerprint density at radius 1 is 1.67 bits per heavy atom. The van der Waals surface area contributed by atoms with Crippen molar-refractivity contribution in [2.24, 2.45) is 0 Å². The molecule has 1 rings (SSSR count). The number of rotatable bonds is 3. The quantitative estimate of drug-likeness (QED) is 0.672. The molecule has 0 amide bonds. The Kier molecular flexibility index (Phi) is 3.11. The van der Waals surface area contributed by atoms with E-state index in [2.05, 4.69) is 11.6 Å². The van der Waals surface area contributed by atoms with Gasteiger partial charge < -0.3 is 4.74 Å². The van der Waals surface area contributed by atoms with Crippen molar-refractivity contribution in [1.82, 2.24) is 4.98 Å². The third-order valence-corrected chi connectivity index (χ3v) is 1.84. The average Bonchev–Trinajstić information content (AvgIpc) is 2.17. The molecule has 64 valence electrons. The highest BCUT2D eigenvalue weighted by Crippen LogP contribution is 2.14. The van der Waals surface area contributed by atoms with Crippen LogP contribution in [0.25, 0.3) is 5.57 Å². The molecule has 0 atom stereocenters. The molecular formula is C9H10ClNO. The Hall–Kier alpha value is -1.02. The van der Waals surface area contributed by atoms with Crippen LogP contribution in [0.4, 0.5) is 0 Å². The Morgan fingerprint density at radius 3 is 2.83 bits per heavy atom. The van der Waals surface area contributed by atoms with Crippen LogP contribution in [0.15, 0.2) is 24.9 Å². The van der Waals surface area contributed by atoms with E-state index >= 15 is 0 Å². The van der Waals surface area contributed by atoms with Gasteiger partial charge in [-0.2, -0.15) is 0 Å². The number of methoxy groups -OCH3 is 1. The van der Waals surface area contributed by atoms with Gasteiger partial charge in [0.2, 0.25) is 5.88 Å². The number of aromatic nitrogens is 1. The Labute approximate surface area is 76.8 Å². The van der Waals surface area contributed by atoms with Crippen LogP contribution in [0.3, 0.4) is 0 Å². The smallest absolute Gasteiger partial charge is 0.212 e. The summed E-state index contributed by atoms with van der Waals surface area (Å²) >= 11 is 5.60. The maximum Gasteiger partial charge on any atom is 0.212 e. The third-order valence-electron chi connectivity index (χ3n) is 1.52. The molecule has 12 heavy (non-hydrogen) atoms. The van der Waals surface area contributed by atoms with Crippen molar-refractivity contribution in [1.29, 1.82) is 0 Å². The van der Waals surface area contributed by atoms with Gasteiger partial charge in [-0.25, -0.2) is 4.98 Å². The Bertz CT molecular complexity index is 268. The number of nitrogens with zero attached hydrogens (tertiary/aromatic N) is 1. The fourth-order valence-electron chi connectivity index (χ4n) is 0.787. The summed E-state index contributed by atoms with van der Waals surface area (Å²) in [5.41, 5.74) is 1.82. The van der Waals surface area contributed by atoms with E-state index in [0.29, 0.717) is 11.8 Å². The zero-order valence-corrected chi connectivity index (χ0v) is 7.64. The molecular weight excluding hydrogens is 174 g/mol. The van der Waals surface area contributed by atoms with Gasteiger partial charge in [-0.1, -0.05) is 6.58 Å². The lowest BCUT2D eigenvalue weighted by Crippen LogP contribution is -1.89. The highest BCUT2D eigenvalue weighted by molar-refractivity contribution is 6.23. The first-order chi connectivity index (χ1) is 5.77. The summed E-state index contributed by atoms with van der Waals surface area (Å²) in [5.74, 6) is 1.02. The van der Waals surface area contributed by atoms with Gasteiger partial charge in [-0.05, 0) is 17.2 Å². The zero-order valence-electron chi connectivity index (χ0n) is 6.88. The van der Waals surface area contributed by atoms with E-state index in [-0.39, 0.29) is 0 Å². The standard InChI is InChI=1S/C9H10ClNO/c1-7(5-10)8-3-4-9(12-2)11-6-8/h3-4,6H,1,5H2,2H3. The van der Waals surface area contributed by atoms with Gasteiger partial charge in [-0.15, -0.1) is 11.6 Å². The van der Waals surface area contributed by atoms with Crippen molar-refractivity contribution in [3.8, 4) is 5.88 Å². The summed E-state index contributed by atoms with van der Waals surface area (Å²) in [4.78, 5) is 4.02. The molecule has 0 N–H and O–H groups in total. The molecule has 0 spiro atoms. The van der Waals surface area contributed by atoms with E-state index in [1.807, 2.05) is 6.07 Å². The molecule has 0 unspecified atom stereocenters. The van der Waals surface area contributed by atoms with Crippen LogP contribution in [0, 0.1) is 0 Å². The summed E-state index contributed by atoms with van der Waals surface area (Å²) < 4.78 is 4.91. The summed E-state index contributed by atoms with van der Waals surface area (Å²) in [6.45, 7) is 3.79. The molecule has 1 aromatic rings. The fraction of sp³-hybridized carbons (Fsp3) is 0.222. The molecule has 0 aliphatic heterocycles. The highest BCUT2D eigenvalue weighted by Gasteiger charge is 1.97. The first-order valence-electron chi connectivity index (χ1n) is 3.52. The van der Waals surface area contributed by atoms with Gasteiger partial charge in [0.05, 0.1) is 7.11 Å². The van der Waals surface area contributed by atoms with Crippen molar-refractivity contribution in [3.05, 3.63) is 30.5 Å². The lowest BCUT2D eigenvalue weighted by molar-refractivity contribution is 0.398. The van der Waals surface area contributed by atoms with Crippen molar-refractivity contribution in [2.75, 3.05) is 13.0 Å². The van der Waals surface area contributed by atoms with Gasteiger partial charge in [0.1, 0.15) is 0 Å². The topological polar surface area (TPSA) is 22.1 Å². The average molecular weight is 184 g/mol. The molecule has 1 aromatic heterocycles. The number of alkyl halides is 1. The minimum Gasteiger partial charge on any atom is -0.481 e. The predicted molar refractivity (Wildman–Crippen MR) is 50.5 cm³/mol. The van der Waals surface area contributed by atoms with E-state index in [4.69, 9.17) is 16.3 Å². The van der Waals surface area contributed by atoms with E-state index < -0.39 is 0 Å². The van der Waals surface area contributed by atoms with E-state index in [9.17, 15) is 0 Å². The second kappa shape index (κ2) is 4.12. The summed E-state index contributed by atoms with van der Waals surface area (Å²) in [5, 5.41) is 0. The lowest BCUT2D eigenvalue weighted by Gasteiger charge is -2.01. The third kappa shape index (κ3) is 1.98. The zero-order chi connectivity index (χ0) is 8.97. The molecule has 0 fully saturated rings. The normalized spacial score (nSPS) is 9.50. The number of hydrogen-bond donors (Lipinski definition) is 0. The first-order valence-corrected chi connectivity index (χ1v) is 4.05. The monoisotopic (exact) mass is 183 g/mol. The molecule has 0 bridgehead atoms. The minimum absolute atomic E-state index is 0.425. The molecule has 0 aliphatic carbocycles. The molecule has 0 aromatic carbocycles. The maximum absolute atomic E-state index is 5.60. The molecule has 0 radical (unpaired) electrons. The van der Waals surface area contributed by atoms with Gasteiger partial charge in [0.15, 0.2) is 0 Å². The molecule has 0 saturated carbocycles. The largest absolute Gasteiger partial charge is 0.481 e. The van der Waals surface area contributed by atoms with Gasteiger partial charge >= 0.3 is 0 Å². The fourth-order valence-corrected chi connectivity index (χ4v) is 0.942. The molecule has 2 nitrogen and oxygen atoms in total. The number of halogens is 1. The van der Waals surface area contributed by atoms with E-state index in [1.54, 1.807) is 19.4 Å². The number of allylic oxidation sites excluding steroid dienone is 1.